The van der Waals surface area contributed by atoms with E-state index in [4.69, 9.17) is 4.74 Å². The van der Waals surface area contributed by atoms with Crippen molar-refractivity contribution in [2.45, 2.75) is 52.4 Å². The Morgan fingerprint density at radius 3 is 2.71 bits per heavy atom. The molecule has 0 aromatic heterocycles. The monoisotopic (exact) mass is 355 g/mol. The molecule has 0 aliphatic carbocycles. The number of hydrogen-bond acceptors (Lipinski definition) is 2. The van der Waals surface area contributed by atoms with Crippen molar-refractivity contribution in [3.05, 3.63) is 28.2 Å². The maximum Gasteiger partial charge on any atom is 0.220 e. The van der Waals surface area contributed by atoms with Crippen LogP contribution in [0.2, 0.25) is 0 Å². The number of benzene rings is 1. The van der Waals surface area contributed by atoms with Gasteiger partial charge in [-0.05, 0) is 52.4 Å². The summed E-state index contributed by atoms with van der Waals surface area (Å²) in [6, 6.07) is 6.17. The van der Waals surface area contributed by atoms with Gasteiger partial charge >= 0.3 is 0 Å². The van der Waals surface area contributed by atoms with Crippen LogP contribution in [0.5, 0.6) is 5.75 Å². The maximum atomic E-state index is 11.5. The van der Waals surface area contributed by atoms with E-state index in [1.54, 1.807) is 0 Å². The van der Waals surface area contributed by atoms with E-state index in [9.17, 15) is 4.79 Å². The van der Waals surface area contributed by atoms with Gasteiger partial charge in [0.15, 0.2) is 0 Å². The topological polar surface area (TPSA) is 38.3 Å². The summed E-state index contributed by atoms with van der Waals surface area (Å²) in [7, 11) is 0. The standard InChI is InChI=1S/C17H26BrNO2/c1-4-5-10-19-17(20)7-6-11-21-16-9-8-14(13(2)3)12-15(16)18/h8-9,12-13H,4-7,10-11H2,1-3H3,(H,19,20). The minimum absolute atomic E-state index is 0.112. The fourth-order valence-corrected chi connectivity index (χ4v) is 2.41. The van der Waals surface area contributed by atoms with Crippen molar-refractivity contribution in [3.63, 3.8) is 0 Å². The van der Waals surface area contributed by atoms with E-state index < -0.39 is 0 Å². The Bertz CT molecular complexity index is 446. The lowest BCUT2D eigenvalue weighted by molar-refractivity contribution is -0.121. The first-order chi connectivity index (χ1) is 10.0. The lowest BCUT2D eigenvalue weighted by atomic mass is 10.0. The third kappa shape index (κ3) is 6.98. The Morgan fingerprint density at radius 2 is 2.10 bits per heavy atom. The Labute approximate surface area is 136 Å². The van der Waals surface area contributed by atoms with Crippen molar-refractivity contribution in [2.24, 2.45) is 0 Å². The van der Waals surface area contributed by atoms with E-state index in [0.717, 1.165) is 36.0 Å². The lowest BCUT2D eigenvalue weighted by Crippen LogP contribution is -2.24. The summed E-state index contributed by atoms with van der Waals surface area (Å²) in [6.07, 6.45) is 3.39. The van der Waals surface area contributed by atoms with Gasteiger partial charge in [-0.15, -0.1) is 0 Å². The zero-order valence-electron chi connectivity index (χ0n) is 13.2. The summed E-state index contributed by atoms with van der Waals surface area (Å²) < 4.78 is 6.69. The molecule has 118 valence electrons. The van der Waals surface area contributed by atoms with Gasteiger partial charge in [0, 0.05) is 13.0 Å². The molecule has 0 fully saturated rings. The molecule has 0 bridgehead atoms. The molecule has 3 nitrogen and oxygen atoms in total. The summed E-state index contributed by atoms with van der Waals surface area (Å²) in [5.74, 6) is 1.45. The molecule has 0 aliphatic heterocycles. The summed E-state index contributed by atoms with van der Waals surface area (Å²) in [5.41, 5.74) is 1.28. The van der Waals surface area contributed by atoms with Gasteiger partial charge in [0.25, 0.3) is 0 Å². The van der Waals surface area contributed by atoms with Gasteiger partial charge in [-0.3, -0.25) is 4.79 Å². The molecule has 0 saturated carbocycles. The van der Waals surface area contributed by atoms with Crippen LogP contribution in [-0.2, 0) is 4.79 Å². The molecule has 1 N–H and O–H groups in total. The molecule has 21 heavy (non-hydrogen) atoms. The zero-order valence-corrected chi connectivity index (χ0v) is 14.8. The van der Waals surface area contributed by atoms with Gasteiger partial charge in [0.2, 0.25) is 5.91 Å². The van der Waals surface area contributed by atoms with Crippen LogP contribution in [0, 0.1) is 0 Å². The van der Waals surface area contributed by atoms with Crippen molar-refractivity contribution in [2.75, 3.05) is 13.2 Å². The van der Waals surface area contributed by atoms with Gasteiger partial charge < -0.3 is 10.1 Å². The number of carbonyl (C=O) groups excluding carboxylic acids is 1. The minimum atomic E-state index is 0.112. The highest BCUT2D eigenvalue weighted by molar-refractivity contribution is 9.10. The summed E-state index contributed by atoms with van der Waals surface area (Å²) in [5, 5.41) is 2.91. The number of ether oxygens (including phenoxy) is 1. The molecule has 1 rings (SSSR count). The molecular formula is C17H26BrNO2. The molecule has 1 amide bonds. The Balaban J connectivity index is 2.28. The third-order valence-electron chi connectivity index (χ3n) is 3.28. The van der Waals surface area contributed by atoms with Gasteiger partial charge in [-0.2, -0.15) is 0 Å². The lowest BCUT2D eigenvalue weighted by Gasteiger charge is -2.11. The third-order valence-corrected chi connectivity index (χ3v) is 3.90. The van der Waals surface area contributed by atoms with Gasteiger partial charge in [0.1, 0.15) is 5.75 Å². The van der Waals surface area contributed by atoms with Crippen molar-refractivity contribution < 1.29 is 9.53 Å². The molecule has 1 aromatic carbocycles. The van der Waals surface area contributed by atoms with E-state index in [0.29, 0.717) is 18.9 Å². The van der Waals surface area contributed by atoms with Gasteiger partial charge in [-0.1, -0.05) is 33.3 Å². The number of rotatable bonds is 9. The Kier molecular flexibility index (Phi) is 8.43. The first-order valence-electron chi connectivity index (χ1n) is 7.73. The summed E-state index contributed by atoms with van der Waals surface area (Å²) >= 11 is 3.53. The van der Waals surface area contributed by atoms with Crippen LogP contribution in [0.1, 0.15) is 57.9 Å². The van der Waals surface area contributed by atoms with Crippen LogP contribution in [-0.4, -0.2) is 19.1 Å². The number of hydrogen-bond donors (Lipinski definition) is 1. The first-order valence-corrected chi connectivity index (χ1v) is 8.52. The smallest absolute Gasteiger partial charge is 0.220 e. The maximum absolute atomic E-state index is 11.5. The normalized spacial score (nSPS) is 10.7. The van der Waals surface area contributed by atoms with Crippen molar-refractivity contribution in [1.82, 2.24) is 5.32 Å². The van der Waals surface area contributed by atoms with Crippen LogP contribution < -0.4 is 10.1 Å². The average Bonchev–Trinajstić information content (AvgIpc) is 2.45. The number of unbranched alkanes of at least 4 members (excludes halogenated alkanes) is 1. The van der Waals surface area contributed by atoms with E-state index in [2.05, 4.69) is 54.2 Å². The van der Waals surface area contributed by atoms with E-state index in [-0.39, 0.29) is 5.91 Å². The molecule has 0 saturated heterocycles. The molecule has 0 aliphatic rings. The molecular weight excluding hydrogens is 330 g/mol. The molecule has 0 atom stereocenters. The van der Waals surface area contributed by atoms with Crippen LogP contribution in [0.25, 0.3) is 0 Å². The second-order valence-electron chi connectivity index (χ2n) is 5.50. The summed E-state index contributed by atoms with van der Waals surface area (Å²) in [6.45, 7) is 7.78. The highest BCUT2D eigenvalue weighted by atomic mass is 79.9. The Hall–Kier alpha value is -1.03. The first kappa shape index (κ1) is 18.0. The minimum Gasteiger partial charge on any atom is -0.492 e. The molecule has 0 unspecified atom stereocenters. The molecule has 4 heteroatoms. The number of nitrogens with one attached hydrogen (secondary N) is 1. The van der Waals surface area contributed by atoms with Crippen LogP contribution in [0.3, 0.4) is 0 Å². The van der Waals surface area contributed by atoms with Crippen LogP contribution in [0.4, 0.5) is 0 Å². The van der Waals surface area contributed by atoms with E-state index in [1.165, 1.54) is 5.56 Å². The highest BCUT2D eigenvalue weighted by Gasteiger charge is 2.06. The number of carbonyl (C=O) groups is 1. The molecule has 0 heterocycles. The van der Waals surface area contributed by atoms with Crippen molar-refractivity contribution in [3.8, 4) is 5.75 Å². The predicted octanol–water partition coefficient (Wildman–Crippen LogP) is 4.65. The fraction of sp³-hybridized carbons (Fsp3) is 0.588. The van der Waals surface area contributed by atoms with E-state index in [1.807, 2.05) is 6.07 Å². The SMILES string of the molecule is CCCCNC(=O)CCCOc1ccc(C(C)C)cc1Br. The fourth-order valence-electron chi connectivity index (χ4n) is 1.90. The van der Waals surface area contributed by atoms with Crippen LogP contribution >= 0.6 is 15.9 Å². The largest absolute Gasteiger partial charge is 0.492 e. The Morgan fingerprint density at radius 1 is 1.33 bits per heavy atom. The second kappa shape index (κ2) is 9.82. The average molecular weight is 356 g/mol. The predicted molar refractivity (Wildman–Crippen MR) is 90.9 cm³/mol. The number of halogens is 1. The molecule has 1 aromatic rings. The summed E-state index contributed by atoms with van der Waals surface area (Å²) in [4.78, 5) is 11.5. The highest BCUT2D eigenvalue weighted by Crippen LogP contribution is 2.28. The molecule has 0 radical (unpaired) electrons. The van der Waals surface area contributed by atoms with E-state index >= 15 is 0 Å². The second-order valence-corrected chi connectivity index (χ2v) is 6.35. The quantitative estimate of drug-likeness (QED) is 0.654. The van der Waals surface area contributed by atoms with Gasteiger partial charge in [-0.25, -0.2) is 0 Å². The van der Waals surface area contributed by atoms with Crippen molar-refractivity contribution in [1.29, 1.82) is 0 Å². The zero-order chi connectivity index (χ0) is 15.7. The van der Waals surface area contributed by atoms with Crippen LogP contribution in [0.15, 0.2) is 22.7 Å². The van der Waals surface area contributed by atoms with Gasteiger partial charge in [0.05, 0.1) is 11.1 Å². The molecule has 0 spiro atoms. The van der Waals surface area contributed by atoms with Crippen molar-refractivity contribution >= 4 is 21.8 Å². The number of amides is 1.